The van der Waals surface area contributed by atoms with E-state index in [1.807, 2.05) is 18.2 Å². The summed E-state index contributed by atoms with van der Waals surface area (Å²) in [6.45, 7) is 4.72. The number of amides is 1. The second kappa shape index (κ2) is 6.54. The van der Waals surface area contributed by atoms with Gasteiger partial charge in [0.15, 0.2) is 0 Å². The number of hydrogen-bond donors (Lipinski definition) is 0. The van der Waals surface area contributed by atoms with Crippen molar-refractivity contribution in [3.8, 4) is 0 Å². The normalized spacial score (nSPS) is 25.3. The molecule has 114 valence electrons. The molecule has 0 aliphatic carbocycles. The maximum atomic E-state index is 12.5. The molecule has 21 heavy (non-hydrogen) atoms. The number of rotatable bonds is 5. The number of methoxy groups -OCH3 is 1. The fraction of sp³-hybridized carbons (Fsp3) is 0.625. The van der Waals surface area contributed by atoms with Gasteiger partial charge in [-0.1, -0.05) is 6.07 Å². The van der Waals surface area contributed by atoms with Gasteiger partial charge in [0.1, 0.15) is 0 Å². The van der Waals surface area contributed by atoms with Crippen LogP contribution in [0.5, 0.6) is 0 Å². The molecule has 2 unspecified atom stereocenters. The van der Waals surface area contributed by atoms with Crippen LogP contribution in [0, 0.1) is 5.92 Å². The number of likely N-dealkylation sites (tertiary alicyclic amines) is 2. The summed E-state index contributed by atoms with van der Waals surface area (Å²) in [5.41, 5.74) is 0.861. The van der Waals surface area contributed by atoms with Gasteiger partial charge in [-0.2, -0.15) is 0 Å². The van der Waals surface area contributed by atoms with Crippen molar-refractivity contribution in [2.45, 2.75) is 18.9 Å². The van der Waals surface area contributed by atoms with Gasteiger partial charge >= 0.3 is 0 Å². The van der Waals surface area contributed by atoms with E-state index < -0.39 is 0 Å². The highest BCUT2D eigenvalue weighted by Crippen LogP contribution is 2.31. The Kier molecular flexibility index (Phi) is 4.51. The van der Waals surface area contributed by atoms with Gasteiger partial charge in [0, 0.05) is 51.2 Å². The second-order valence-corrected chi connectivity index (χ2v) is 5.95. The summed E-state index contributed by atoms with van der Waals surface area (Å²) >= 11 is 0. The topological polar surface area (TPSA) is 45.7 Å². The molecule has 5 heteroatoms. The van der Waals surface area contributed by atoms with Crippen molar-refractivity contribution in [3.05, 3.63) is 30.1 Å². The van der Waals surface area contributed by atoms with E-state index in [0.717, 1.165) is 44.9 Å². The third-order valence-electron chi connectivity index (χ3n) is 4.61. The Bertz CT molecular complexity index is 480. The first-order valence-corrected chi connectivity index (χ1v) is 7.68. The third-order valence-corrected chi connectivity index (χ3v) is 4.61. The van der Waals surface area contributed by atoms with Gasteiger partial charge in [-0.05, 0) is 24.5 Å². The molecule has 0 N–H and O–H groups in total. The predicted molar refractivity (Wildman–Crippen MR) is 79.9 cm³/mol. The molecule has 0 aromatic carbocycles. The Hall–Kier alpha value is -1.46. The molecule has 1 amide bonds. The van der Waals surface area contributed by atoms with Crippen LogP contribution in [0.4, 0.5) is 0 Å². The predicted octanol–water partition coefficient (Wildman–Crippen LogP) is 0.803. The highest BCUT2D eigenvalue weighted by atomic mass is 16.5. The zero-order chi connectivity index (χ0) is 14.7. The van der Waals surface area contributed by atoms with E-state index in [-0.39, 0.29) is 5.91 Å². The summed E-state index contributed by atoms with van der Waals surface area (Å²) in [6, 6.07) is 6.12. The van der Waals surface area contributed by atoms with E-state index in [9.17, 15) is 4.79 Å². The van der Waals surface area contributed by atoms with Gasteiger partial charge in [-0.15, -0.1) is 0 Å². The zero-order valence-corrected chi connectivity index (χ0v) is 12.6. The van der Waals surface area contributed by atoms with Gasteiger partial charge in [0.2, 0.25) is 5.91 Å². The molecule has 2 aliphatic heterocycles. The molecule has 1 aromatic heterocycles. The maximum Gasteiger partial charge on any atom is 0.228 e. The molecular formula is C16H23N3O2. The van der Waals surface area contributed by atoms with Gasteiger partial charge in [-0.3, -0.25) is 14.7 Å². The standard InChI is InChI=1S/C16H23N3O2/c1-21-9-8-18-11-13-5-7-19(15(13)12-18)16(20)10-14-4-2-3-6-17-14/h2-4,6,13,15H,5,7-12H2,1H3. The monoisotopic (exact) mass is 289 g/mol. The van der Waals surface area contributed by atoms with Crippen LogP contribution in [0.15, 0.2) is 24.4 Å². The minimum atomic E-state index is 0.217. The second-order valence-electron chi connectivity index (χ2n) is 5.95. The van der Waals surface area contributed by atoms with Crippen molar-refractivity contribution in [3.63, 3.8) is 0 Å². The SMILES string of the molecule is COCCN1CC2CCN(C(=O)Cc3ccccn3)C2C1. The molecule has 2 fully saturated rings. The van der Waals surface area contributed by atoms with E-state index >= 15 is 0 Å². The number of carbonyl (C=O) groups excluding carboxylic acids is 1. The fourth-order valence-electron chi connectivity index (χ4n) is 3.52. The number of carbonyl (C=O) groups is 1. The van der Waals surface area contributed by atoms with Crippen molar-refractivity contribution in [1.82, 2.24) is 14.8 Å². The first-order valence-electron chi connectivity index (χ1n) is 7.68. The molecule has 5 nitrogen and oxygen atoms in total. The van der Waals surface area contributed by atoms with Crippen molar-refractivity contribution in [2.75, 3.05) is 39.9 Å². The average molecular weight is 289 g/mol. The van der Waals surface area contributed by atoms with Crippen LogP contribution in [0.25, 0.3) is 0 Å². The highest BCUT2D eigenvalue weighted by molar-refractivity contribution is 5.79. The lowest BCUT2D eigenvalue weighted by Crippen LogP contribution is -2.40. The molecule has 3 rings (SSSR count). The van der Waals surface area contributed by atoms with E-state index in [1.165, 1.54) is 0 Å². The van der Waals surface area contributed by atoms with E-state index in [1.54, 1.807) is 13.3 Å². The summed E-state index contributed by atoms with van der Waals surface area (Å²) in [4.78, 5) is 21.3. The maximum absolute atomic E-state index is 12.5. The molecule has 0 radical (unpaired) electrons. The molecule has 2 atom stereocenters. The number of ether oxygens (including phenoxy) is 1. The molecular weight excluding hydrogens is 266 g/mol. The van der Waals surface area contributed by atoms with Crippen molar-refractivity contribution < 1.29 is 9.53 Å². The summed E-state index contributed by atoms with van der Waals surface area (Å²) in [7, 11) is 1.74. The van der Waals surface area contributed by atoms with Crippen LogP contribution < -0.4 is 0 Å². The Balaban J connectivity index is 1.58. The molecule has 0 saturated carbocycles. The first kappa shape index (κ1) is 14.5. The lowest BCUT2D eigenvalue weighted by molar-refractivity contribution is -0.131. The minimum Gasteiger partial charge on any atom is -0.383 e. The summed E-state index contributed by atoms with van der Waals surface area (Å²) in [5.74, 6) is 0.851. The van der Waals surface area contributed by atoms with Crippen LogP contribution in [-0.2, 0) is 16.0 Å². The molecule has 0 bridgehead atoms. The van der Waals surface area contributed by atoms with E-state index in [0.29, 0.717) is 18.4 Å². The Labute approximate surface area is 125 Å². The van der Waals surface area contributed by atoms with Gasteiger partial charge in [0.05, 0.1) is 13.0 Å². The molecule has 2 saturated heterocycles. The first-order chi connectivity index (χ1) is 10.3. The van der Waals surface area contributed by atoms with Gasteiger partial charge < -0.3 is 9.64 Å². The highest BCUT2D eigenvalue weighted by Gasteiger charge is 2.42. The van der Waals surface area contributed by atoms with E-state index in [2.05, 4.69) is 14.8 Å². The lowest BCUT2D eigenvalue weighted by Gasteiger charge is -2.25. The Morgan fingerprint density at radius 3 is 3.10 bits per heavy atom. The third kappa shape index (κ3) is 3.24. The van der Waals surface area contributed by atoms with Crippen LogP contribution >= 0.6 is 0 Å². The van der Waals surface area contributed by atoms with Gasteiger partial charge in [0.25, 0.3) is 0 Å². The number of nitrogens with zero attached hydrogens (tertiary/aromatic N) is 3. The Morgan fingerprint density at radius 2 is 2.33 bits per heavy atom. The van der Waals surface area contributed by atoms with E-state index in [4.69, 9.17) is 4.74 Å². The van der Waals surface area contributed by atoms with Crippen LogP contribution in [-0.4, -0.2) is 66.6 Å². The fourth-order valence-corrected chi connectivity index (χ4v) is 3.52. The minimum absolute atomic E-state index is 0.217. The smallest absolute Gasteiger partial charge is 0.228 e. The molecule has 1 aromatic rings. The summed E-state index contributed by atoms with van der Waals surface area (Å²) in [5, 5.41) is 0. The van der Waals surface area contributed by atoms with Crippen LogP contribution in [0.2, 0.25) is 0 Å². The molecule has 2 aliphatic rings. The van der Waals surface area contributed by atoms with Crippen molar-refractivity contribution >= 4 is 5.91 Å². The lowest BCUT2D eigenvalue weighted by atomic mass is 10.1. The Morgan fingerprint density at radius 1 is 1.43 bits per heavy atom. The summed E-state index contributed by atoms with van der Waals surface area (Å²) in [6.07, 6.45) is 3.29. The number of fused-ring (bicyclic) bond motifs is 1. The van der Waals surface area contributed by atoms with Gasteiger partial charge in [-0.25, -0.2) is 0 Å². The molecule has 0 spiro atoms. The number of aromatic nitrogens is 1. The van der Waals surface area contributed by atoms with Crippen LogP contribution in [0.1, 0.15) is 12.1 Å². The van der Waals surface area contributed by atoms with Crippen molar-refractivity contribution in [1.29, 1.82) is 0 Å². The molecule has 3 heterocycles. The largest absolute Gasteiger partial charge is 0.383 e. The van der Waals surface area contributed by atoms with Crippen molar-refractivity contribution in [2.24, 2.45) is 5.92 Å². The summed E-state index contributed by atoms with van der Waals surface area (Å²) < 4.78 is 5.15. The number of hydrogen-bond acceptors (Lipinski definition) is 4. The average Bonchev–Trinajstić information content (AvgIpc) is 3.05. The van der Waals surface area contributed by atoms with Crippen LogP contribution in [0.3, 0.4) is 0 Å². The zero-order valence-electron chi connectivity index (χ0n) is 12.6. The number of pyridine rings is 1. The quantitative estimate of drug-likeness (QED) is 0.804.